The molecule has 2 N–H and O–H groups in total. The van der Waals surface area contributed by atoms with E-state index < -0.39 is 0 Å². The Morgan fingerprint density at radius 3 is 3.25 bits per heavy atom. The summed E-state index contributed by atoms with van der Waals surface area (Å²) < 4.78 is 0. The second-order valence-corrected chi connectivity index (χ2v) is 2.97. The van der Waals surface area contributed by atoms with Crippen LogP contribution < -0.4 is 11.0 Å². The Morgan fingerprint density at radius 2 is 2.33 bits per heavy atom. The van der Waals surface area contributed by atoms with Crippen molar-refractivity contribution in [2.24, 2.45) is 0 Å². The molecule has 0 spiro atoms. The van der Waals surface area contributed by atoms with Gasteiger partial charge in [0.25, 0.3) is 0 Å². The minimum Gasteiger partial charge on any atom is -0.371 e. The number of nitrogens with zero attached hydrogens (tertiary/aromatic N) is 1. The van der Waals surface area contributed by atoms with Crippen LogP contribution in [0, 0.1) is 0 Å². The van der Waals surface area contributed by atoms with E-state index in [1.165, 1.54) is 0 Å². The van der Waals surface area contributed by atoms with Gasteiger partial charge in [0.15, 0.2) is 0 Å². The van der Waals surface area contributed by atoms with E-state index >= 15 is 0 Å². The lowest BCUT2D eigenvalue weighted by molar-refractivity contribution is 0.784. The smallest absolute Gasteiger partial charge is 0.346 e. The zero-order valence-electron chi connectivity index (χ0n) is 6.76. The predicted molar refractivity (Wildman–Crippen MR) is 46.3 cm³/mol. The molecule has 1 aromatic heterocycles. The lowest BCUT2D eigenvalue weighted by Crippen LogP contribution is -2.14. The summed E-state index contributed by atoms with van der Waals surface area (Å²) in [5.74, 6) is 0.854. The zero-order chi connectivity index (χ0) is 8.39. The molecule has 0 fully saturated rings. The molecule has 1 aliphatic heterocycles. The highest BCUT2D eigenvalue weighted by atomic mass is 16.1. The summed E-state index contributed by atoms with van der Waals surface area (Å²) >= 11 is 0. The van der Waals surface area contributed by atoms with Gasteiger partial charge < -0.3 is 5.32 Å². The van der Waals surface area contributed by atoms with Crippen LogP contribution in [0.4, 0.5) is 5.82 Å². The first-order valence-corrected chi connectivity index (χ1v) is 4.18. The largest absolute Gasteiger partial charge is 0.371 e. The fraction of sp³-hybridized carbons (Fsp3) is 0.500. The van der Waals surface area contributed by atoms with Crippen molar-refractivity contribution >= 4 is 5.82 Å². The van der Waals surface area contributed by atoms with Gasteiger partial charge in [-0.05, 0) is 19.3 Å². The third-order valence-electron chi connectivity index (χ3n) is 2.07. The van der Waals surface area contributed by atoms with Crippen molar-refractivity contribution in [3.8, 4) is 0 Å². The molecular weight excluding hydrogens is 154 g/mol. The number of anilines is 1. The Balaban J connectivity index is 2.43. The van der Waals surface area contributed by atoms with E-state index in [2.05, 4.69) is 15.3 Å². The van der Waals surface area contributed by atoms with E-state index in [0.29, 0.717) is 0 Å². The summed E-state index contributed by atoms with van der Waals surface area (Å²) in [7, 11) is 0. The van der Waals surface area contributed by atoms with Crippen LogP contribution in [0.2, 0.25) is 0 Å². The van der Waals surface area contributed by atoms with E-state index in [1.54, 1.807) is 6.20 Å². The first kappa shape index (κ1) is 7.34. The number of fused-ring (bicyclic) bond motifs is 1. The van der Waals surface area contributed by atoms with Gasteiger partial charge in [-0.2, -0.15) is 0 Å². The number of aryl methyl sites for hydroxylation is 1. The average Bonchev–Trinajstić information content (AvgIpc) is 2.28. The molecule has 0 saturated heterocycles. The highest BCUT2D eigenvalue weighted by Crippen LogP contribution is 2.15. The van der Waals surface area contributed by atoms with Crippen LogP contribution in [0.5, 0.6) is 0 Å². The zero-order valence-corrected chi connectivity index (χ0v) is 6.76. The quantitative estimate of drug-likeness (QED) is 0.589. The van der Waals surface area contributed by atoms with Crippen molar-refractivity contribution in [3.05, 3.63) is 22.2 Å². The van der Waals surface area contributed by atoms with Crippen molar-refractivity contribution in [1.82, 2.24) is 9.97 Å². The number of aromatic nitrogens is 2. The van der Waals surface area contributed by atoms with Gasteiger partial charge in [0.1, 0.15) is 5.82 Å². The Bertz CT molecular complexity index is 331. The molecule has 0 aromatic carbocycles. The molecule has 0 atom stereocenters. The second kappa shape index (κ2) is 2.97. The molecular formula is C8H11N3O. The van der Waals surface area contributed by atoms with Gasteiger partial charge in [-0.3, -0.25) is 4.98 Å². The molecule has 0 saturated carbocycles. The van der Waals surface area contributed by atoms with E-state index in [9.17, 15) is 4.79 Å². The first-order chi connectivity index (χ1) is 5.86. The fourth-order valence-electron chi connectivity index (χ4n) is 1.42. The van der Waals surface area contributed by atoms with Crippen LogP contribution >= 0.6 is 0 Å². The summed E-state index contributed by atoms with van der Waals surface area (Å²) in [6.07, 6.45) is 4.98. The van der Waals surface area contributed by atoms with E-state index in [4.69, 9.17) is 0 Å². The Hall–Kier alpha value is -1.32. The SMILES string of the molecule is O=c1ncc2c([nH]1)NCCCC2. The molecule has 0 radical (unpaired) electrons. The highest BCUT2D eigenvalue weighted by Gasteiger charge is 2.07. The molecule has 1 aliphatic rings. The van der Waals surface area contributed by atoms with Crippen molar-refractivity contribution in [3.63, 3.8) is 0 Å². The van der Waals surface area contributed by atoms with E-state index in [-0.39, 0.29) is 5.69 Å². The monoisotopic (exact) mass is 165 g/mol. The van der Waals surface area contributed by atoms with Crippen molar-refractivity contribution < 1.29 is 0 Å². The standard InChI is InChI=1S/C8H11N3O/c12-8-10-5-6-3-1-2-4-9-7(6)11-8/h5H,1-4H2,(H2,9,10,11,12). The van der Waals surface area contributed by atoms with Crippen molar-refractivity contribution in [2.75, 3.05) is 11.9 Å². The molecule has 4 heteroatoms. The van der Waals surface area contributed by atoms with Crippen LogP contribution in [-0.2, 0) is 6.42 Å². The van der Waals surface area contributed by atoms with Gasteiger partial charge in [0.2, 0.25) is 0 Å². The molecule has 2 heterocycles. The lowest BCUT2D eigenvalue weighted by atomic mass is 10.2. The van der Waals surface area contributed by atoms with Gasteiger partial charge in [-0.1, -0.05) is 0 Å². The summed E-state index contributed by atoms with van der Waals surface area (Å²) in [4.78, 5) is 17.2. The number of hydrogen-bond donors (Lipinski definition) is 2. The van der Waals surface area contributed by atoms with Gasteiger partial charge in [0.05, 0.1) is 0 Å². The Morgan fingerprint density at radius 1 is 1.42 bits per heavy atom. The van der Waals surface area contributed by atoms with Crippen LogP contribution in [0.3, 0.4) is 0 Å². The van der Waals surface area contributed by atoms with Crippen LogP contribution in [0.1, 0.15) is 18.4 Å². The molecule has 0 aliphatic carbocycles. The van der Waals surface area contributed by atoms with E-state index in [1.807, 2.05) is 0 Å². The highest BCUT2D eigenvalue weighted by molar-refractivity contribution is 5.42. The van der Waals surface area contributed by atoms with Crippen LogP contribution in [0.15, 0.2) is 11.0 Å². The number of H-pyrrole nitrogens is 1. The van der Waals surface area contributed by atoms with Crippen LogP contribution in [0.25, 0.3) is 0 Å². The minimum atomic E-state index is -0.275. The minimum absolute atomic E-state index is 0.275. The predicted octanol–water partition coefficient (Wildman–Crippen LogP) is 0.518. The molecule has 0 amide bonds. The Kier molecular flexibility index (Phi) is 1.81. The molecule has 0 bridgehead atoms. The number of aromatic amines is 1. The maximum absolute atomic E-state index is 10.8. The third-order valence-corrected chi connectivity index (χ3v) is 2.07. The fourth-order valence-corrected chi connectivity index (χ4v) is 1.42. The van der Waals surface area contributed by atoms with Crippen molar-refractivity contribution in [1.29, 1.82) is 0 Å². The normalized spacial score (nSPS) is 16.0. The third kappa shape index (κ3) is 1.32. The van der Waals surface area contributed by atoms with Crippen LogP contribution in [-0.4, -0.2) is 16.5 Å². The number of hydrogen-bond acceptors (Lipinski definition) is 3. The average molecular weight is 165 g/mol. The van der Waals surface area contributed by atoms with Gasteiger partial charge in [-0.15, -0.1) is 0 Å². The molecule has 1 aromatic rings. The molecule has 12 heavy (non-hydrogen) atoms. The Labute approximate surface area is 70.0 Å². The number of nitrogens with one attached hydrogen (secondary N) is 2. The topological polar surface area (TPSA) is 57.8 Å². The van der Waals surface area contributed by atoms with E-state index in [0.717, 1.165) is 37.2 Å². The summed E-state index contributed by atoms with van der Waals surface area (Å²) in [6.45, 7) is 0.937. The maximum Gasteiger partial charge on any atom is 0.346 e. The summed E-state index contributed by atoms with van der Waals surface area (Å²) in [5, 5.41) is 3.17. The maximum atomic E-state index is 10.8. The molecule has 4 nitrogen and oxygen atoms in total. The molecule has 64 valence electrons. The summed E-state index contributed by atoms with van der Waals surface area (Å²) in [6, 6.07) is 0. The lowest BCUT2D eigenvalue weighted by Gasteiger charge is -2.03. The van der Waals surface area contributed by atoms with Gasteiger partial charge >= 0.3 is 5.69 Å². The first-order valence-electron chi connectivity index (χ1n) is 4.18. The van der Waals surface area contributed by atoms with Gasteiger partial charge in [-0.25, -0.2) is 9.78 Å². The summed E-state index contributed by atoms with van der Waals surface area (Å²) in [5.41, 5.74) is 0.843. The molecule has 0 unspecified atom stereocenters. The number of rotatable bonds is 0. The van der Waals surface area contributed by atoms with Gasteiger partial charge in [0, 0.05) is 18.3 Å². The van der Waals surface area contributed by atoms with Crippen molar-refractivity contribution in [2.45, 2.75) is 19.3 Å². The molecule has 2 rings (SSSR count). The second-order valence-electron chi connectivity index (χ2n) is 2.97.